The maximum atomic E-state index is 11.7. The van der Waals surface area contributed by atoms with E-state index in [1.807, 2.05) is 0 Å². The first kappa shape index (κ1) is 21.3. The van der Waals surface area contributed by atoms with Gasteiger partial charge in [-0.15, -0.1) is 0 Å². The first-order valence-corrected chi connectivity index (χ1v) is 9.49. The minimum atomic E-state index is -1.80. The van der Waals surface area contributed by atoms with Gasteiger partial charge in [-0.1, -0.05) is 57.5 Å². The average molecular weight is 390 g/mol. The van der Waals surface area contributed by atoms with Crippen LogP contribution in [-0.4, -0.2) is 11.0 Å². The molecule has 146 valence electrons. The van der Waals surface area contributed by atoms with E-state index < -0.39 is 11.5 Å². The Labute approximate surface area is 166 Å². The van der Waals surface area contributed by atoms with Crippen molar-refractivity contribution in [2.24, 2.45) is 5.73 Å². The second kappa shape index (κ2) is 8.32. The van der Waals surface area contributed by atoms with Gasteiger partial charge in [0.2, 0.25) is 0 Å². The molecule has 3 N–H and O–H groups in total. The van der Waals surface area contributed by atoms with E-state index in [4.69, 9.17) is 22.1 Å². The molecule has 0 heterocycles. The molecule has 27 heavy (non-hydrogen) atoms. The van der Waals surface area contributed by atoms with Crippen molar-refractivity contribution in [1.29, 1.82) is 0 Å². The van der Waals surface area contributed by atoms with Crippen LogP contribution in [0, 0.1) is 0 Å². The fourth-order valence-corrected chi connectivity index (χ4v) is 3.15. The molecule has 0 aliphatic heterocycles. The van der Waals surface area contributed by atoms with Gasteiger partial charge in [0.15, 0.2) is 5.60 Å². The number of hydrogen-bond acceptors (Lipinski definition) is 3. The Kier molecular flexibility index (Phi) is 6.55. The minimum Gasteiger partial charge on any atom is -0.489 e. The van der Waals surface area contributed by atoms with E-state index in [1.165, 1.54) is 12.5 Å². The highest BCUT2D eigenvalue weighted by molar-refractivity contribution is 6.30. The van der Waals surface area contributed by atoms with Crippen LogP contribution in [0.15, 0.2) is 36.4 Å². The standard InChI is InChI=1S/C22H28ClNO3/c1-13(2)15-6-8-18(14(3)4)20(11-15)27-12-16-10-17(23)7-9-19(16)22(5,26)21(24)25/h6-11,13-14,26H,12H2,1-5H3,(H2,24,25). The lowest BCUT2D eigenvalue weighted by molar-refractivity contribution is -0.135. The third kappa shape index (κ3) is 4.82. The second-order valence-electron chi connectivity index (χ2n) is 7.63. The molecule has 2 aromatic carbocycles. The van der Waals surface area contributed by atoms with Crippen LogP contribution in [-0.2, 0) is 17.0 Å². The van der Waals surface area contributed by atoms with E-state index in [9.17, 15) is 9.90 Å². The SMILES string of the molecule is CC(C)c1ccc(C(C)C)c(OCc2cc(Cl)ccc2C(C)(O)C(N)=O)c1. The van der Waals surface area contributed by atoms with Crippen LogP contribution in [0.3, 0.4) is 0 Å². The van der Waals surface area contributed by atoms with Crippen molar-refractivity contribution >= 4 is 17.5 Å². The van der Waals surface area contributed by atoms with Crippen molar-refractivity contribution in [2.75, 3.05) is 0 Å². The fraction of sp³-hybridized carbons (Fsp3) is 0.409. The van der Waals surface area contributed by atoms with Gasteiger partial charge < -0.3 is 15.6 Å². The van der Waals surface area contributed by atoms with Crippen molar-refractivity contribution in [2.45, 2.75) is 58.7 Å². The minimum absolute atomic E-state index is 0.167. The molecule has 0 bridgehead atoms. The van der Waals surface area contributed by atoms with Crippen LogP contribution in [0.25, 0.3) is 0 Å². The van der Waals surface area contributed by atoms with E-state index >= 15 is 0 Å². The Hall–Kier alpha value is -2.04. The summed E-state index contributed by atoms with van der Waals surface area (Å²) in [5.41, 5.74) is 6.87. The summed E-state index contributed by atoms with van der Waals surface area (Å²) < 4.78 is 6.12. The summed E-state index contributed by atoms with van der Waals surface area (Å²) in [5.74, 6) is 0.649. The Morgan fingerprint density at radius 2 is 1.81 bits per heavy atom. The Bertz CT molecular complexity index is 828. The first-order valence-electron chi connectivity index (χ1n) is 9.11. The summed E-state index contributed by atoms with van der Waals surface area (Å²) >= 11 is 6.12. The molecule has 0 saturated heterocycles. The van der Waals surface area contributed by atoms with Gasteiger partial charge in [0.05, 0.1) is 0 Å². The van der Waals surface area contributed by atoms with Gasteiger partial charge in [-0.25, -0.2) is 0 Å². The largest absolute Gasteiger partial charge is 0.489 e. The normalized spacial score (nSPS) is 13.7. The number of benzene rings is 2. The van der Waals surface area contributed by atoms with Crippen molar-refractivity contribution in [3.8, 4) is 5.75 Å². The highest BCUT2D eigenvalue weighted by atomic mass is 35.5. The number of nitrogens with two attached hydrogens (primary N) is 1. The molecule has 0 aromatic heterocycles. The maximum Gasteiger partial charge on any atom is 0.253 e. The molecule has 1 amide bonds. The van der Waals surface area contributed by atoms with Crippen molar-refractivity contribution in [3.63, 3.8) is 0 Å². The van der Waals surface area contributed by atoms with Crippen LogP contribution in [0.5, 0.6) is 5.75 Å². The van der Waals surface area contributed by atoms with Gasteiger partial charge in [0.25, 0.3) is 5.91 Å². The lowest BCUT2D eigenvalue weighted by Gasteiger charge is -2.24. The van der Waals surface area contributed by atoms with Crippen LogP contribution >= 0.6 is 11.6 Å². The third-order valence-corrected chi connectivity index (χ3v) is 5.02. The summed E-state index contributed by atoms with van der Waals surface area (Å²) in [6, 6.07) is 11.2. The summed E-state index contributed by atoms with van der Waals surface area (Å²) in [5, 5.41) is 11.0. The van der Waals surface area contributed by atoms with Crippen LogP contribution in [0.1, 0.15) is 68.7 Å². The number of amides is 1. The summed E-state index contributed by atoms with van der Waals surface area (Å²) in [7, 11) is 0. The molecule has 4 nitrogen and oxygen atoms in total. The molecule has 0 saturated carbocycles. The lowest BCUT2D eigenvalue weighted by Crippen LogP contribution is -2.39. The smallest absolute Gasteiger partial charge is 0.253 e. The lowest BCUT2D eigenvalue weighted by atomic mass is 9.91. The van der Waals surface area contributed by atoms with Gasteiger partial charge in [0.1, 0.15) is 12.4 Å². The summed E-state index contributed by atoms with van der Waals surface area (Å²) in [6.07, 6.45) is 0. The topological polar surface area (TPSA) is 72.6 Å². The molecule has 2 rings (SSSR count). The molecule has 1 unspecified atom stereocenters. The van der Waals surface area contributed by atoms with E-state index in [1.54, 1.807) is 18.2 Å². The quantitative estimate of drug-likeness (QED) is 0.710. The van der Waals surface area contributed by atoms with Crippen molar-refractivity contribution in [1.82, 2.24) is 0 Å². The summed E-state index contributed by atoms with van der Waals surface area (Å²) in [4.78, 5) is 11.7. The van der Waals surface area contributed by atoms with E-state index in [2.05, 4.69) is 45.9 Å². The van der Waals surface area contributed by atoms with Gasteiger partial charge >= 0.3 is 0 Å². The van der Waals surface area contributed by atoms with Gasteiger partial charge in [-0.3, -0.25) is 4.79 Å². The fourth-order valence-electron chi connectivity index (χ4n) is 2.96. The number of primary amides is 1. The first-order chi connectivity index (χ1) is 12.5. The van der Waals surface area contributed by atoms with Gasteiger partial charge in [0, 0.05) is 5.02 Å². The van der Waals surface area contributed by atoms with E-state index in [0.29, 0.717) is 28.0 Å². The van der Waals surface area contributed by atoms with Crippen molar-refractivity contribution in [3.05, 3.63) is 63.7 Å². The zero-order valence-corrected chi connectivity index (χ0v) is 17.3. The number of hydrogen-bond donors (Lipinski definition) is 2. The van der Waals surface area contributed by atoms with Gasteiger partial charge in [-0.05, 0) is 59.2 Å². The third-order valence-electron chi connectivity index (χ3n) is 4.78. The number of carbonyl (C=O) groups is 1. The Balaban J connectivity index is 2.41. The van der Waals surface area contributed by atoms with Crippen LogP contribution in [0.2, 0.25) is 5.02 Å². The molecular formula is C22H28ClNO3. The Morgan fingerprint density at radius 1 is 1.15 bits per heavy atom. The van der Waals surface area contributed by atoms with E-state index in [-0.39, 0.29) is 6.61 Å². The zero-order valence-electron chi connectivity index (χ0n) is 16.5. The maximum absolute atomic E-state index is 11.7. The molecule has 2 aromatic rings. The predicted octanol–water partition coefficient (Wildman–Crippen LogP) is 4.86. The number of ether oxygens (including phenoxy) is 1. The number of halogens is 1. The molecule has 0 radical (unpaired) electrons. The molecule has 0 fully saturated rings. The number of rotatable bonds is 7. The predicted molar refractivity (Wildman–Crippen MR) is 109 cm³/mol. The highest BCUT2D eigenvalue weighted by Crippen LogP contribution is 2.32. The highest BCUT2D eigenvalue weighted by Gasteiger charge is 2.32. The molecule has 0 aliphatic rings. The van der Waals surface area contributed by atoms with Crippen molar-refractivity contribution < 1.29 is 14.6 Å². The number of aliphatic hydroxyl groups is 1. The van der Waals surface area contributed by atoms with Gasteiger partial charge in [-0.2, -0.15) is 0 Å². The van der Waals surface area contributed by atoms with Crippen LogP contribution in [0.4, 0.5) is 0 Å². The summed E-state index contributed by atoms with van der Waals surface area (Å²) in [6.45, 7) is 10.0. The number of carbonyl (C=O) groups excluding carboxylic acids is 1. The zero-order chi connectivity index (χ0) is 20.4. The Morgan fingerprint density at radius 3 is 2.37 bits per heavy atom. The monoisotopic (exact) mass is 389 g/mol. The molecule has 5 heteroatoms. The van der Waals surface area contributed by atoms with E-state index in [0.717, 1.165) is 11.3 Å². The van der Waals surface area contributed by atoms with Crippen LogP contribution < -0.4 is 10.5 Å². The molecule has 1 atom stereocenters. The molecule has 0 aliphatic carbocycles. The average Bonchev–Trinajstić information content (AvgIpc) is 2.59. The molecular weight excluding hydrogens is 362 g/mol. The molecule has 0 spiro atoms. The second-order valence-corrected chi connectivity index (χ2v) is 8.07.